The molecule has 2 rings (SSSR count). The molecule has 3 N–H and O–H groups in total. The molecule has 1 fully saturated rings. The third-order valence-corrected chi connectivity index (χ3v) is 4.54. The van der Waals surface area contributed by atoms with Crippen molar-refractivity contribution in [3.8, 4) is 0 Å². The second kappa shape index (κ2) is 7.34. The molecule has 0 aromatic heterocycles. The number of nitrogens with one attached hydrogen (secondary N) is 1. The number of amides is 1. The van der Waals surface area contributed by atoms with E-state index in [1.807, 2.05) is 24.3 Å². The Balaban J connectivity index is 1.92. The van der Waals surface area contributed by atoms with Crippen LogP contribution in [0.1, 0.15) is 52.0 Å². The molecule has 25 heavy (non-hydrogen) atoms. The van der Waals surface area contributed by atoms with Gasteiger partial charge in [-0.2, -0.15) is 0 Å². The molecule has 1 aromatic rings. The van der Waals surface area contributed by atoms with Crippen molar-refractivity contribution in [2.24, 2.45) is 11.1 Å². The summed E-state index contributed by atoms with van der Waals surface area (Å²) in [5.74, 6) is -0.360. The maximum Gasteiger partial charge on any atom is 0.314 e. The van der Waals surface area contributed by atoms with Crippen LogP contribution in [0.2, 0.25) is 5.02 Å². The van der Waals surface area contributed by atoms with Crippen LogP contribution in [-0.2, 0) is 14.3 Å². The molecule has 1 aliphatic carbocycles. The first-order valence-electron chi connectivity index (χ1n) is 8.52. The van der Waals surface area contributed by atoms with E-state index in [9.17, 15) is 9.59 Å². The van der Waals surface area contributed by atoms with Crippen LogP contribution in [0.3, 0.4) is 0 Å². The number of benzene rings is 1. The summed E-state index contributed by atoms with van der Waals surface area (Å²) in [5, 5.41) is 3.67. The Labute approximate surface area is 154 Å². The van der Waals surface area contributed by atoms with Crippen LogP contribution < -0.4 is 11.1 Å². The highest BCUT2D eigenvalue weighted by molar-refractivity contribution is 6.30. The lowest BCUT2D eigenvalue weighted by Crippen LogP contribution is -2.44. The molecule has 0 bridgehead atoms. The van der Waals surface area contributed by atoms with E-state index in [0.717, 1.165) is 12.0 Å². The van der Waals surface area contributed by atoms with Gasteiger partial charge < -0.3 is 15.8 Å². The van der Waals surface area contributed by atoms with E-state index in [1.165, 1.54) is 0 Å². The summed E-state index contributed by atoms with van der Waals surface area (Å²) in [4.78, 5) is 24.8. The number of nitrogens with two attached hydrogens (primary N) is 1. The number of ether oxygens (including phenoxy) is 1. The van der Waals surface area contributed by atoms with Crippen molar-refractivity contribution in [1.29, 1.82) is 0 Å². The van der Waals surface area contributed by atoms with E-state index in [0.29, 0.717) is 5.02 Å². The fourth-order valence-electron chi connectivity index (χ4n) is 2.70. The van der Waals surface area contributed by atoms with Crippen molar-refractivity contribution in [2.75, 3.05) is 6.54 Å². The highest BCUT2D eigenvalue weighted by Gasteiger charge is 2.42. The summed E-state index contributed by atoms with van der Waals surface area (Å²) >= 11 is 6.01. The molecule has 0 spiro atoms. The molecule has 0 saturated heterocycles. The van der Waals surface area contributed by atoms with Gasteiger partial charge in [0.05, 0.1) is 5.41 Å². The van der Waals surface area contributed by atoms with Gasteiger partial charge in [-0.15, -0.1) is 0 Å². The average Bonchev–Trinajstić information content (AvgIpc) is 3.24. The Kier molecular flexibility index (Phi) is 5.79. The van der Waals surface area contributed by atoms with Crippen LogP contribution in [0, 0.1) is 5.41 Å². The number of halogens is 1. The quantitative estimate of drug-likeness (QED) is 0.758. The van der Waals surface area contributed by atoms with E-state index in [1.54, 1.807) is 27.7 Å². The number of esters is 1. The molecule has 3 atom stereocenters. The fraction of sp³-hybridized carbons (Fsp3) is 0.579. The van der Waals surface area contributed by atoms with E-state index < -0.39 is 17.0 Å². The van der Waals surface area contributed by atoms with E-state index in [-0.39, 0.29) is 30.8 Å². The second-order valence-electron chi connectivity index (χ2n) is 8.01. The maximum absolute atomic E-state index is 12.4. The Bertz CT molecular complexity index is 656. The number of carbonyl (C=O) groups is 2. The van der Waals surface area contributed by atoms with Crippen molar-refractivity contribution in [2.45, 2.75) is 58.1 Å². The zero-order chi connectivity index (χ0) is 18.8. The third-order valence-electron chi connectivity index (χ3n) is 4.31. The minimum atomic E-state index is -1.03. The van der Waals surface area contributed by atoms with Crippen LogP contribution in [0.5, 0.6) is 0 Å². The van der Waals surface area contributed by atoms with Gasteiger partial charge in [0.1, 0.15) is 5.60 Å². The number of hydrogen-bond acceptors (Lipinski definition) is 4. The lowest BCUT2D eigenvalue weighted by molar-refractivity contribution is -0.167. The molecule has 3 unspecified atom stereocenters. The zero-order valence-electron chi connectivity index (χ0n) is 15.3. The van der Waals surface area contributed by atoms with Gasteiger partial charge in [-0.05, 0) is 51.8 Å². The minimum Gasteiger partial charge on any atom is -0.460 e. The summed E-state index contributed by atoms with van der Waals surface area (Å²) in [6.07, 6.45) is 0.884. The van der Waals surface area contributed by atoms with E-state index in [4.69, 9.17) is 22.1 Å². The first-order valence-corrected chi connectivity index (χ1v) is 8.90. The fourth-order valence-corrected chi connectivity index (χ4v) is 2.90. The summed E-state index contributed by atoms with van der Waals surface area (Å²) in [6.45, 7) is 7.10. The largest absolute Gasteiger partial charge is 0.460 e. The normalized spacial score (nSPS) is 22.0. The Morgan fingerprint density at radius 2 is 2.00 bits per heavy atom. The summed E-state index contributed by atoms with van der Waals surface area (Å²) in [7, 11) is 0. The summed E-state index contributed by atoms with van der Waals surface area (Å²) in [6, 6.07) is 7.74. The van der Waals surface area contributed by atoms with Gasteiger partial charge in [-0.25, -0.2) is 0 Å². The number of carbonyl (C=O) groups excluding carboxylic acids is 2. The molecule has 1 saturated carbocycles. The predicted octanol–water partition coefficient (Wildman–Crippen LogP) is 3.01. The molecule has 6 heteroatoms. The van der Waals surface area contributed by atoms with E-state index >= 15 is 0 Å². The third kappa shape index (κ3) is 5.44. The molecular formula is C19H27ClN2O3. The van der Waals surface area contributed by atoms with Gasteiger partial charge in [0.15, 0.2) is 0 Å². The topological polar surface area (TPSA) is 81.4 Å². The van der Waals surface area contributed by atoms with Crippen LogP contribution in [0.4, 0.5) is 0 Å². The van der Waals surface area contributed by atoms with Crippen molar-refractivity contribution >= 4 is 23.5 Å². The smallest absolute Gasteiger partial charge is 0.314 e. The highest BCUT2D eigenvalue weighted by atomic mass is 35.5. The Hall–Kier alpha value is -1.59. The molecule has 5 nitrogen and oxygen atoms in total. The Morgan fingerprint density at radius 1 is 1.32 bits per heavy atom. The SMILES string of the molecule is CC(C)(C)OC(=O)C(C)(CN)CC(=O)NC1CC1c1cccc(Cl)c1. The molecule has 0 aliphatic heterocycles. The monoisotopic (exact) mass is 366 g/mol. The lowest BCUT2D eigenvalue weighted by Gasteiger charge is -2.30. The average molecular weight is 367 g/mol. The predicted molar refractivity (Wildman–Crippen MR) is 98.4 cm³/mol. The van der Waals surface area contributed by atoms with E-state index in [2.05, 4.69) is 5.32 Å². The summed E-state index contributed by atoms with van der Waals surface area (Å²) in [5.41, 5.74) is 5.24. The molecule has 1 aliphatic rings. The lowest BCUT2D eigenvalue weighted by atomic mass is 9.86. The molecule has 1 amide bonds. The molecule has 0 radical (unpaired) electrons. The zero-order valence-corrected chi connectivity index (χ0v) is 16.0. The van der Waals surface area contributed by atoms with Crippen molar-refractivity contribution in [3.05, 3.63) is 34.9 Å². The summed E-state index contributed by atoms with van der Waals surface area (Å²) < 4.78 is 5.41. The molecule has 0 heterocycles. The first-order chi connectivity index (χ1) is 11.5. The maximum atomic E-state index is 12.4. The first kappa shape index (κ1) is 19.7. The van der Waals surface area contributed by atoms with Gasteiger partial charge in [0, 0.05) is 29.9 Å². The standard InChI is InChI=1S/C19H27ClN2O3/c1-18(2,3)25-17(24)19(4,11-21)10-16(23)22-15-9-14(15)12-6-5-7-13(20)8-12/h5-8,14-15H,9-11,21H2,1-4H3,(H,22,23). The van der Waals surface area contributed by atoms with Gasteiger partial charge >= 0.3 is 5.97 Å². The van der Waals surface area contributed by atoms with Crippen LogP contribution >= 0.6 is 11.6 Å². The van der Waals surface area contributed by atoms with Gasteiger partial charge in [0.25, 0.3) is 0 Å². The van der Waals surface area contributed by atoms with Crippen LogP contribution in [0.15, 0.2) is 24.3 Å². The molecule has 1 aromatic carbocycles. The van der Waals surface area contributed by atoms with Gasteiger partial charge in [-0.3, -0.25) is 9.59 Å². The van der Waals surface area contributed by atoms with Gasteiger partial charge in [-0.1, -0.05) is 23.7 Å². The molecule has 138 valence electrons. The highest BCUT2D eigenvalue weighted by Crippen LogP contribution is 2.41. The van der Waals surface area contributed by atoms with Crippen molar-refractivity contribution in [3.63, 3.8) is 0 Å². The Morgan fingerprint density at radius 3 is 2.56 bits per heavy atom. The van der Waals surface area contributed by atoms with Gasteiger partial charge in [0.2, 0.25) is 5.91 Å². The number of rotatable bonds is 6. The molecular weight excluding hydrogens is 340 g/mol. The van der Waals surface area contributed by atoms with Crippen LogP contribution in [0.25, 0.3) is 0 Å². The second-order valence-corrected chi connectivity index (χ2v) is 8.45. The van der Waals surface area contributed by atoms with Crippen LogP contribution in [-0.4, -0.2) is 30.1 Å². The van der Waals surface area contributed by atoms with Crippen molar-refractivity contribution in [1.82, 2.24) is 5.32 Å². The minimum absolute atomic E-state index is 0.0111. The number of hydrogen-bond donors (Lipinski definition) is 2. The van der Waals surface area contributed by atoms with Crippen molar-refractivity contribution < 1.29 is 14.3 Å².